The van der Waals surface area contributed by atoms with Crippen LogP contribution in [0.4, 0.5) is 0 Å². The van der Waals surface area contributed by atoms with E-state index in [1.807, 2.05) is 0 Å². The van der Waals surface area contributed by atoms with E-state index in [0.717, 1.165) is 38.0 Å². The van der Waals surface area contributed by atoms with E-state index in [0.29, 0.717) is 17.8 Å². The van der Waals surface area contributed by atoms with Gasteiger partial charge in [0.25, 0.3) is 0 Å². The van der Waals surface area contributed by atoms with Crippen LogP contribution in [0.3, 0.4) is 0 Å². The third kappa shape index (κ3) is 2.52. The summed E-state index contributed by atoms with van der Waals surface area (Å²) in [6.07, 6.45) is 7.48. The van der Waals surface area contributed by atoms with Gasteiger partial charge in [0.15, 0.2) is 0 Å². The van der Waals surface area contributed by atoms with Gasteiger partial charge in [0.05, 0.1) is 6.61 Å². The summed E-state index contributed by atoms with van der Waals surface area (Å²) in [6.45, 7) is 7.45. The maximum atomic E-state index is 11.1. The molecule has 1 N–H and O–H groups in total. The molecule has 1 fully saturated rings. The molecular weight excluding hydrogens is 212 g/mol. The number of aliphatic hydroxyl groups is 1. The Kier molecular flexibility index (Phi) is 3.82. The van der Waals surface area contributed by atoms with Crippen molar-refractivity contribution in [1.82, 2.24) is 0 Å². The second kappa shape index (κ2) is 5.01. The highest BCUT2D eigenvalue weighted by Gasteiger charge is 2.46. The molecule has 1 aliphatic heterocycles. The van der Waals surface area contributed by atoms with Gasteiger partial charge in [-0.1, -0.05) is 27.2 Å². The van der Waals surface area contributed by atoms with E-state index in [2.05, 4.69) is 26.8 Å². The number of rotatable bonds is 2. The van der Waals surface area contributed by atoms with E-state index in [4.69, 9.17) is 4.74 Å². The lowest BCUT2D eigenvalue weighted by molar-refractivity contribution is -0.0899. The summed E-state index contributed by atoms with van der Waals surface area (Å²) >= 11 is 0. The normalized spacial score (nSPS) is 38.8. The first-order chi connectivity index (χ1) is 8.04. The van der Waals surface area contributed by atoms with Gasteiger partial charge in [-0.05, 0) is 49.5 Å². The van der Waals surface area contributed by atoms with Gasteiger partial charge in [-0.25, -0.2) is 0 Å². The largest absolute Gasteiger partial charge is 0.495 e. The summed E-state index contributed by atoms with van der Waals surface area (Å²) in [6, 6.07) is 0. The van der Waals surface area contributed by atoms with Crippen molar-refractivity contribution in [3.63, 3.8) is 0 Å². The molecule has 1 aliphatic carbocycles. The summed E-state index contributed by atoms with van der Waals surface area (Å²) in [5.41, 5.74) is -0.702. The molecular formula is C15H26O2. The van der Waals surface area contributed by atoms with Gasteiger partial charge in [0, 0.05) is 0 Å². The Balaban J connectivity index is 2.24. The zero-order valence-electron chi connectivity index (χ0n) is 11.4. The molecule has 2 rings (SSSR count). The molecule has 0 saturated heterocycles. The molecule has 2 aliphatic rings. The number of hydrogen-bond donors (Lipinski definition) is 1. The van der Waals surface area contributed by atoms with Crippen molar-refractivity contribution in [3.8, 4) is 0 Å². The van der Waals surface area contributed by atoms with Gasteiger partial charge in [-0.3, -0.25) is 0 Å². The minimum atomic E-state index is -0.702. The van der Waals surface area contributed by atoms with Crippen molar-refractivity contribution < 1.29 is 9.84 Å². The van der Waals surface area contributed by atoms with Crippen molar-refractivity contribution in [1.29, 1.82) is 0 Å². The van der Waals surface area contributed by atoms with Crippen LogP contribution in [0, 0.1) is 17.8 Å². The lowest BCUT2D eigenvalue weighted by Gasteiger charge is -2.46. The van der Waals surface area contributed by atoms with E-state index in [-0.39, 0.29) is 0 Å². The molecule has 0 amide bonds. The predicted molar refractivity (Wildman–Crippen MR) is 69.6 cm³/mol. The zero-order valence-corrected chi connectivity index (χ0v) is 11.4. The quantitative estimate of drug-likeness (QED) is 0.797. The average molecular weight is 238 g/mol. The van der Waals surface area contributed by atoms with E-state index in [9.17, 15) is 5.11 Å². The Labute approximate surface area is 105 Å². The first-order valence-electron chi connectivity index (χ1n) is 7.10. The first kappa shape index (κ1) is 12.9. The van der Waals surface area contributed by atoms with Crippen molar-refractivity contribution in [2.45, 2.75) is 58.5 Å². The van der Waals surface area contributed by atoms with Crippen LogP contribution >= 0.6 is 0 Å². The SMILES string of the molecule is CC1CCC(C(C)C)C(O)(C2=CCCCO2)C1. The monoisotopic (exact) mass is 238 g/mol. The molecule has 1 saturated carbocycles. The molecule has 2 nitrogen and oxygen atoms in total. The highest BCUT2D eigenvalue weighted by molar-refractivity contribution is 5.16. The molecule has 0 aromatic rings. The Morgan fingerprint density at radius 3 is 2.76 bits per heavy atom. The summed E-state index contributed by atoms with van der Waals surface area (Å²) in [4.78, 5) is 0. The molecule has 98 valence electrons. The van der Waals surface area contributed by atoms with Crippen molar-refractivity contribution in [2.75, 3.05) is 6.61 Å². The van der Waals surface area contributed by atoms with Gasteiger partial charge < -0.3 is 9.84 Å². The fraction of sp³-hybridized carbons (Fsp3) is 0.867. The molecule has 0 bridgehead atoms. The molecule has 0 aromatic carbocycles. The number of allylic oxidation sites excluding steroid dienone is 1. The van der Waals surface area contributed by atoms with Gasteiger partial charge in [0.1, 0.15) is 11.4 Å². The maximum absolute atomic E-state index is 11.1. The molecule has 0 spiro atoms. The van der Waals surface area contributed by atoms with Crippen LogP contribution in [-0.4, -0.2) is 17.3 Å². The minimum Gasteiger partial charge on any atom is -0.495 e. The maximum Gasteiger partial charge on any atom is 0.124 e. The van der Waals surface area contributed by atoms with Crippen LogP contribution < -0.4 is 0 Å². The summed E-state index contributed by atoms with van der Waals surface area (Å²) < 4.78 is 5.76. The van der Waals surface area contributed by atoms with Crippen LogP contribution in [0.25, 0.3) is 0 Å². The van der Waals surface area contributed by atoms with E-state index < -0.39 is 5.60 Å². The number of hydrogen-bond acceptors (Lipinski definition) is 2. The summed E-state index contributed by atoms with van der Waals surface area (Å²) in [5, 5.41) is 11.1. The van der Waals surface area contributed by atoms with E-state index >= 15 is 0 Å². The molecule has 3 unspecified atom stereocenters. The second-order valence-electron chi connectivity index (χ2n) is 6.22. The zero-order chi connectivity index (χ0) is 12.5. The lowest BCUT2D eigenvalue weighted by atomic mass is 9.66. The summed E-state index contributed by atoms with van der Waals surface area (Å²) in [5.74, 6) is 2.33. The van der Waals surface area contributed by atoms with Gasteiger partial charge in [-0.15, -0.1) is 0 Å². The van der Waals surface area contributed by atoms with Crippen LogP contribution in [0.5, 0.6) is 0 Å². The Bertz CT molecular complexity index is 295. The molecule has 0 aromatic heterocycles. The van der Waals surface area contributed by atoms with Crippen LogP contribution in [-0.2, 0) is 4.74 Å². The van der Waals surface area contributed by atoms with Gasteiger partial charge >= 0.3 is 0 Å². The molecule has 1 heterocycles. The fourth-order valence-electron chi connectivity index (χ4n) is 3.51. The van der Waals surface area contributed by atoms with Crippen LogP contribution in [0.1, 0.15) is 52.9 Å². The number of ether oxygens (including phenoxy) is 1. The second-order valence-corrected chi connectivity index (χ2v) is 6.22. The Morgan fingerprint density at radius 1 is 1.41 bits per heavy atom. The highest BCUT2D eigenvalue weighted by Crippen LogP contribution is 2.45. The van der Waals surface area contributed by atoms with E-state index in [1.54, 1.807) is 0 Å². The Morgan fingerprint density at radius 2 is 2.18 bits per heavy atom. The average Bonchev–Trinajstić information content (AvgIpc) is 2.29. The lowest BCUT2D eigenvalue weighted by Crippen LogP contribution is -2.48. The summed E-state index contributed by atoms with van der Waals surface area (Å²) in [7, 11) is 0. The predicted octanol–water partition coefficient (Wildman–Crippen LogP) is 3.50. The first-order valence-corrected chi connectivity index (χ1v) is 7.10. The van der Waals surface area contributed by atoms with Gasteiger partial charge in [0.2, 0.25) is 0 Å². The molecule has 2 heteroatoms. The third-order valence-corrected chi connectivity index (χ3v) is 4.41. The van der Waals surface area contributed by atoms with Crippen molar-refractivity contribution >= 4 is 0 Å². The van der Waals surface area contributed by atoms with E-state index in [1.165, 1.54) is 6.42 Å². The molecule has 0 radical (unpaired) electrons. The topological polar surface area (TPSA) is 29.5 Å². The van der Waals surface area contributed by atoms with Crippen molar-refractivity contribution in [3.05, 3.63) is 11.8 Å². The molecule has 3 atom stereocenters. The van der Waals surface area contributed by atoms with Gasteiger partial charge in [-0.2, -0.15) is 0 Å². The highest BCUT2D eigenvalue weighted by atomic mass is 16.5. The Hall–Kier alpha value is -0.500. The third-order valence-electron chi connectivity index (χ3n) is 4.41. The van der Waals surface area contributed by atoms with Crippen molar-refractivity contribution in [2.24, 2.45) is 17.8 Å². The van der Waals surface area contributed by atoms with Crippen LogP contribution in [0.2, 0.25) is 0 Å². The molecule has 17 heavy (non-hydrogen) atoms. The standard InChI is InChI=1S/C15H26O2/c1-11(2)13-8-7-12(3)10-15(13,16)14-6-4-5-9-17-14/h6,11-13,16H,4-5,7-10H2,1-3H3. The smallest absolute Gasteiger partial charge is 0.124 e. The van der Waals surface area contributed by atoms with Crippen LogP contribution in [0.15, 0.2) is 11.8 Å². The minimum absolute atomic E-state index is 0.350. The fourth-order valence-corrected chi connectivity index (χ4v) is 3.51.